The van der Waals surface area contributed by atoms with E-state index in [4.69, 9.17) is 12.2 Å². The molecule has 0 unspecified atom stereocenters. The standard InChI is InChI=1S/C18H30N2S/c1-8-18(6,7)20-17(21)19-16-14(12(2)3)10-9-11-15(16)13(4)5/h9-13H,8H2,1-7H3,(H2,19,20,21). The molecule has 0 bridgehead atoms. The van der Waals surface area contributed by atoms with Crippen molar-refractivity contribution >= 4 is 23.0 Å². The Bertz CT molecular complexity index is 464. The first-order chi connectivity index (χ1) is 9.68. The van der Waals surface area contributed by atoms with Crippen LogP contribution in [0.15, 0.2) is 18.2 Å². The lowest BCUT2D eigenvalue weighted by Crippen LogP contribution is -2.45. The minimum absolute atomic E-state index is 0.00878. The van der Waals surface area contributed by atoms with Gasteiger partial charge in [-0.3, -0.25) is 0 Å². The van der Waals surface area contributed by atoms with E-state index in [1.165, 1.54) is 16.8 Å². The van der Waals surface area contributed by atoms with Crippen molar-refractivity contribution in [2.75, 3.05) is 5.32 Å². The van der Waals surface area contributed by atoms with E-state index in [2.05, 4.69) is 77.3 Å². The van der Waals surface area contributed by atoms with Gasteiger partial charge in [-0.05, 0) is 55.4 Å². The van der Waals surface area contributed by atoms with Crippen molar-refractivity contribution < 1.29 is 0 Å². The highest BCUT2D eigenvalue weighted by molar-refractivity contribution is 7.80. The van der Waals surface area contributed by atoms with Crippen molar-refractivity contribution in [2.24, 2.45) is 0 Å². The quantitative estimate of drug-likeness (QED) is 0.711. The van der Waals surface area contributed by atoms with Gasteiger partial charge in [0, 0.05) is 11.2 Å². The molecule has 0 atom stereocenters. The fourth-order valence-electron chi connectivity index (χ4n) is 2.24. The monoisotopic (exact) mass is 306 g/mol. The molecule has 0 spiro atoms. The number of anilines is 1. The highest BCUT2D eigenvalue weighted by atomic mass is 32.1. The fraction of sp³-hybridized carbons (Fsp3) is 0.611. The van der Waals surface area contributed by atoms with Gasteiger partial charge in [-0.1, -0.05) is 52.8 Å². The molecule has 0 aliphatic carbocycles. The Balaban J connectivity index is 3.08. The molecule has 118 valence electrons. The van der Waals surface area contributed by atoms with Crippen LogP contribution in [0.2, 0.25) is 0 Å². The zero-order chi connectivity index (χ0) is 16.2. The predicted molar refractivity (Wildman–Crippen MR) is 98.3 cm³/mol. The molecule has 0 aliphatic rings. The van der Waals surface area contributed by atoms with Crippen molar-refractivity contribution in [3.05, 3.63) is 29.3 Å². The Kier molecular flexibility index (Phi) is 6.21. The molecule has 3 heteroatoms. The lowest BCUT2D eigenvalue weighted by Gasteiger charge is -2.28. The summed E-state index contributed by atoms with van der Waals surface area (Å²) in [4.78, 5) is 0. The first-order valence-corrected chi connectivity index (χ1v) is 8.30. The van der Waals surface area contributed by atoms with Crippen LogP contribution in [0, 0.1) is 0 Å². The molecule has 0 aliphatic heterocycles. The normalized spacial score (nSPS) is 11.9. The van der Waals surface area contributed by atoms with Gasteiger partial charge in [-0.2, -0.15) is 0 Å². The van der Waals surface area contributed by atoms with Crippen LogP contribution in [-0.4, -0.2) is 10.7 Å². The highest BCUT2D eigenvalue weighted by Crippen LogP contribution is 2.32. The van der Waals surface area contributed by atoms with Crippen LogP contribution in [0.3, 0.4) is 0 Å². The smallest absolute Gasteiger partial charge is 0.171 e. The van der Waals surface area contributed by atoms with Crippen molar-refractivity contribution in [1.82, 2.24) is 5.32 Å². The molecule has 0 heterocycles. The summed E-state index contributed by atoms with van der Waals surface area (Å²) in [6.07, 6.45) is 1.03. The second-order valence-electron chi connectivity index (χ2n) is 6.94. The van der Waals surface area contributed by atoms with Crippen LogP contribution < -0.4 is 10.6 Å². The minimum Gasteiger partial charge on any atom is -0.358 e. The van der Waals surface area contributed by atoms with Gasteiger partial charge in [0.15, 0.2) is 5.11 Å². The molecular weight excluding hydrogens is 276 g/mol. The first-order valence-electron chi connectivity index (χ1n) is 7.90. The Morgan fingerprint density at radius 3 is 1.95 bits per heavy atom. The number of thiocarbonyl (C=S) groups is 1. The molecular formula is C18H30N2S. The molecule has 0 fully saturated rings. The van der Waals surface area contributed by atoms with Crippen molar-refractivity contribution in [3.63, 3.8) is 0 Å². The largest absolute Gasteiger partial charge is 0.358 e. The molecule has 2 nitrogen and oxygen atoms in total. The summed E-state index contributed by atoms with van der Waals surface area (Å²) in [5.74, 6) is 0.932. The lowest BCUT2D eigenvalue weighted by molar-refractivity contribution is 0.448. The molecule has 1 rings (SSSR count). The van der Waals surface area contributed by atoms with Gasteiger partial charge in [-0.15, -0.1) is 0 Å². The molecule has 1 aromatic rings. The topological polar surface area (TPSA) is 24.1 Å². The SMILES string of the molecule is CCC(C)(C)NC(=S)Nc1c(C(C)C)cccc1C(C)C. The molecule has 0 radical (unpaired) electrons. The third kappa shape index (κ3) is 4.99. The summed E-state index contributed by atoms with van der Waals surface area (Å²) in [6, 6.07) is 6.52. The molecule has 0 aromatic heterocycles. The number of benzene rings is 1. The fourth-order valence-corrected chi connectivity index (χ4v) is 2.61. The van der Waals surface area contributed by atoms with Crippen LogP contribution in [0.25, 0.3) is 0 Å². The maximum atomic E-state index is 5.52. The number of hydrogen-bond acceptors (Lipinski definition) is 1. The van der Waals surface area contributed by atoms with Crippen LogP contribution in [0.4, 0.5) is 5.69 Å². The summed E-state index contributed by atoms with van der Waals surface area (Å²) < 4.78 is 0. The van der Waals surface area contributed by atoms with Crippen LogP contribution in [0.1, 0.15) is 77.8 Å². The van der Waals surface area contributed by atoms with Crippen molar-refractivity contribution in [1.29, 1.82) is 0 Å². The zero-order valence-corrected chi connectivity index (χ0v) is 15.3. The van der Waals surface area contributed by atoms with Crippen molar-refractivity contribution in [2.45, 2.75) is 72.3 Å². The van der Waals surface area contributed by atoms with E-state index < -0.39 is 0 Å². The maximum absolute atomic E-state index is 5.52. The lowest BCUT2D eigenvalue weighted by atomic mass is 9.93. The average molecular weight is 307 g/mol. The Morgan fingerprint density at radius 2 is 1.57 bits per heavy atom. The first kappa shape index (κ1) is 18.0. The number of nitrogens with one attached hydrogen (secondary N) is 2. The van der Waals surface area contributed by atoms with Crippen LogP contribution in [-0.2, 0) is 0 Å². The van der Waals surface area contributed by atoms with E-state index in [0.29, 0.717) is 16.9 Å². The van der Waals surface area contributed by atoms with Crippen molar-refractivity contribution in [3.8, 4) is 0 Å². The summed E-state index contributed by atoms with van der Waals surface area (Å²) in [7, 11) is 0. The third-order valence-electron chi connectivity index (χ3n) is 3.95. The van der Waals surface area contributed by atoms with E-state index in [1.54, 1.807) is 0 Å². The predicted octanol–water partition coefficient (Wildman–Crippen LogP) is 5.41. The second kappa shape index (κ2) is 7.26. The van der Waals surface area contributed by atoms with E-state index in [1.807, 2.05) is 0 Å². The highest BCUT2D eigenvalue weighted by Gasteiger charge is 2.18. The maximum Gasteiger partial charge on any atom is 0.171 e. The molecule has 2 N–H and O–H groups in total. The third-order valence-corrected chi connectivity index (χ3v) is 4.15. The Hall–Kier alpha value is -1.09. The van der Waals surface area contributed by atoms with Crippen LogP contribution >= 0.6 is 12.2 Å². The summed E-state index contributed by atoms with van der Waals surface area (Å²) in [6.45, 7) is 15.4. The van der Waals surface area contributed by atoms with Gasteiger partial charge in [0.2, 0.25) is 0 Å². The van der Waals surface area contributed by atoms with Gasteiger partial charge < -0.3 is 10.6 Å². The van der Waals surface area contributed by atoms with Gasteiger partial charge in [-0.25, -0.2) is 0 Å². The van der Waals surface area contributed by atoms with Gasteiger partial charge in [0.1, 0.15) is 0 Å². The number of rotatable bonds is 5. The minimum atomic E-state index is 0.00878. The van der Waals surface area contributed by atoms with E-state index in [-0.39, 0.29) is 5.54 Å². The average Bonchev–Trinajstić information content (AvgIpc) is 2.37. The van der Waals surface area contributed by atoms with Gasteiger partial charge in [0.05, 0.1) is 0 Å². The molecule has 21 heavy (non-hydrogen) atoms. The Morgan fingerprint density at radius 1 is 1.10 bits per heavy atom. The Labute approximate surface area is 135 Å². The summed E-state index contributed by atoms with van der Waals surface area (Å²) >= 11 is 5.52. The number of para-hydroxylation sites is 1. The van der Waals surface area contributed by atoms with E-state index in [9.17, 15) is 0 Å². The molecule has 0 saturated heterocycles. The van der Waals surface area contributed by atoms with Gasteiger partial charge >= 0.3 is 0 Å². The molecule has 0 saturated carbocycles. The van der Waals surface area contributed by atoms with E-state index in [0.717, 1.165) is 6.42 Å². The summed E-state index contributed by atoms with van der Waals surface area (Å²) in [5.41, 5.74) is 3.82. The van der Waals surface area contributed by atoms with Gasteiger partial charge in [0.25, 0.3) is 0 Å². The van der Waals surface area contributed by atoms with E-state index >= 15 is 0 Å². The van der Waals surface area contributed by atoms with Crippen LogP contribution in [0.5, 0.6) is 0 Å². The zero-order valence-electron chi connectivity index (χ0n) is 14.5. The summed E-state index contributed by atoms with van der Waals surface area (Å²) in [5, 5.41) is 7.57. The second-order valence-corrected chi connectivity index (χ2v) is 7.35. The molecule has 0 amide bonds. The molecule has 1 aromatic carbocycles. The number of hydrogen-bond donors (Lipinski definition) is 2.